The monoisotopic (exact) mass is 294 g/mol. The minimum atomic E-state index is 0.551. The van der Waals surface area contributed by atoms with E-state index in [9.17, 15) is 0 Å². The smallest absolute Gasteiger partial charge is 0.188 e. The Labute approximate surface area is 126 Å². The molecule has 0 radical (unpaired) electrons. The van der Waals surface area contributed by atoms with Crippen molar-refractivity contribution in [3.63, 3.8) is 0 Å². The summed E-state index contributed by atoms with van der Waals surface area (Å²) in [4.78, 5) is 8.43. The van der Waals surface area contributed by atoms with Gasteiger partial charge >= 0.3 is 0 Å². The van der Waals surface area contributed by atoms with Crippen LogP contribution in [0.1, 0.15) is 31.1 Å². The molecule has 1 aromatic rings. The van der Waals surface area contributed by atoms with Gasteiger partial charge in [-0.3, -0.25) is 9.89 Å². The number of nitrogens with one attached hydrogen (secondary N) is 1. The third-order valence-corrected chi connectivity index (χ3v) is 4.79. The molecule has 1 fully saturated rings. The molecule has 1 atom stereocenters. The van der Waals surface area contributed by atoms with Gasteiger partial charge in [0.15, 0.2) is 5.96 Å². The highest BCUT2D eigenvalue weighted by molar-refractivity contribution is 7.09. The fourth-order valence-corrected chi connectivity index (χ4v) is 3.35. The second-order valence-corrected chi connectivity index (χ2v) is 6.32. The van der Waals surface area contributed by atoms with E-state index in [0.717, 1.165) is 25.9 Å². The molecule has 1 saturated heterocycles. The van der Waals surface area contributed by atoms with Crippen LogP contribution in [0.25, 0.3) is 0 Å². The van der Waals surface area contributed by atoms with Crippen molar-refractivity contribution in [3.05, 3.63) is 22.4 Å². The van der Waals surface area contributed by atoms with E-state index in [1.807, 2.05) is 0 Å². The lowest BCUT2D eigenvalue weighted by molar-refractivity contribution is 0.242. The van der Waals surface area contributed by atoms with E-state index in [4.69, 9.17) is 5.73 Å². The van der Waals surface area contributed by atoms with Crippen molar-refractivity contribution in [2.24, 2.45) is 10.7 Å². The van der Waals surface area contributed by atoms with Crippen molar-refractivity contribution in [3.8, 4) is 0 Å². The number of nitrogens with two attached hydrogens (primary N) is 1. The number of likely N-dealkylation sites (tertiary alicyclic amines) is 1. The van der Waals surface area contributed by atoms with Crippen molar-refractivity contribution < 1.29 is 0 Å². The van der Waals surface area contributed by atoms with Gasteiger partial charge < -0.3 is 11.1 Å². The molecule has 20 heavy (non-hydrogen) atoms. The first-order valence-corrected chi connectivity index (χ1v) is 8.47. The number of guanidine groups is 1. The van der Waals surface area contributed by atoms with Crippen LogP contribution in [0.15, 0.2) is 22.5 Å². The van der Waals surface area contributed by atoms with Gasteiger partial charge in [0.25, 0.3) is 0 Å². The minimum Gasteiger partial charge on any atom is -0.370 e. The summed E-state index contributed by atoms with van der Waals surface area (Å²) in [6.07, 6.45) is 4.81. The van der Waals surface area contributed by atoms with Crippen LogP contribution in [0, 0.1) is 0 Å². The number of nitrogens with zero attached hydrogens (tertiary/aromatic N) is 2. The Balaban J connectivity index is 1.69. The Morgan fingerprint density at radius 3 is 2.95 bits per heavy atom. The van der Waals surface area contributed by atoms with E-state index in [1.54, 1.807) is 11.3 Å². The maximum Gasteiger partial charge on any atom is 0.188 e. The van der Waals surface area contributed by atoms with Crippen molar-refractivity contribution in [1.29, 1.82) is 0 Å². The standard InChI is InChI=1S/C15H26N4S/c1-2-13(19-9-3-4-10-19)12-18-15(16)17-8-7-14-6-5-11-20-14/h5-6,11,13H,2-4,7-10,12H2,1H3,(H3,16,17,18). The number of aliphatic imine (C=N–C) groups is 1. The van der Waals surface area contributed by atoms with E-state index < -0.39 is 0 Å². The Kier molecular flexibility index (Phi) is 6.33. The van der Waals surface area contributed by atoms with Gasteiger partial charge in [-0.2, -0.15) is 0 Å². The molecule has 2 heterocycles. The van der Waals surface area contributed by atoms with Gasteiger partial charge in [-0.1, -0.05) is 13.0 Å². The number of hydrogen-bond acceptors (Lipinski definition) is 3. The summed E-state index contributed by atoms with van der Waals surface area (Å²) >= 11 is 1.79. The van der Waals surface area contributed by atoms with Crippen LogP contribution in [-0.4, -0.2) is 43.1 Å². The molecule has 0 aromatic carbocycles. The van der Waals surface area contributed by atoms with Crippen LogP contribution in [0.5, 0.6) is 0 Å². The maximum atomic E-state index is 5.94. The van der Waals surface area contributed by atoms with E-state index in [-0.39, 0.29) is 0 Å². The number of thiophene rings is 1. The van der Waals surface area contributed by atoms with Gasteiger partial charge in [-0.05, 0) is 50.2 Å². The molecule has 0 spiro atoms. The van der Waals surface area contributed by atoms with Gasteiger partial charge in [0, 0.05) is 17.5 Å². The molecule has 1 aromatic heterocycles. The third kappa shape index (κ3) is 4.80. The first-order valence-electron chi connectivity index (χ1n) is 7.60. The molecule has 1 aliphatic rings. The van der Waals surface area contributed by atoms with Crippen molar-refractivity contribution in [2.75, 3.05) is 26.2 Å². The van der Waals surface area contributed by atoms with Crippen LogP contribution < -0.4 is 11.1 Å². The van der Waals surface area contributed by atoms with Gasteiger partial charge in [-0.25, -0.2) is 0 Å². The highest BCUT2D eigenvalue weighted by Crippen LogP contribution is 2.14. The molecule has 1 aliphatic heterocycles. The Morgan fingerprint density at radius 1 is 1.50 bits per heavy atom. The summed E-state index contributed by atoms with van der Waals surface area (Å²) in [6, 6.07) is 4.79. The molecule has 2 rings (SSSR count). The number of hydrogen-bond donors (Lipinski definition) is 2. The molecular formula is C15H26N4S. The highest BCUT2D eigenvalue weighted by Gasteiger charge is 2.19. The van der Waals surface area contributed by atoms with E-state index in [2.05, 4.69) is 39.6 Å². The van der Waals surface area contributed by atoms with Gasteiger partial charge in [0.2, 0.25) is 0 Å². The zero-order chi connectivity index (χ0) is 14.2. The van der Waals surface area contributed by atoms with Gasteiger partial charge in [0.05, 0.1) is 6.54 Å². The van der Waals surface area contributed by atoms with Crippen molar-refractivity contribution in [1.82, 2.24) is 10.2 Å². The van der Waals surface area contributed by atoms with Gasteiger partial charge in [-0.15, -0.1) is 11.3 Å². The largest absolute Gasteiger partial charge is 0.370 e. The second kappa shape index (κ2) is 8.27. The topological polar surface area (TPSA) is 53.6 Å². The first-order chi connectivity index (χ1) is 9.79. The molecule has 5 heteroatoms. The summed E-state index contributed by atoms with van der Waals surface area (Å²) in [7, 11) is 0. The number of rotatable bonds is 7. The Hall–Kier alpha value is -1.07. The van der Waals surface area contributed by atoms with E-state index in [1.165, 1.54) is 30.8 Å². The third-order valence-electron chi connectivity index (χ3n) is 3.86. The lowest BCUT2D eigenvalue weighted by atomic mass is 10.2. The van der Waals surface area contributed by atoms with Crippen molar-refractivity contribution >= 4 is 17.3 Å². The molecule has 1 unspecified atom stereocenters. The summed E-state index contributed by atoms with van der Waals surface area (Å²) in [5.74, 6) is 0.583. The molecule has 112 valence electrons. The molecule has 0 bridgehead atoms. The van der Waals surface area contributed by atoms with Gasteiger partial charge in [0.1, 0.15) is 0 Å². The molecule has 0 amide bonds. The maximum absolute atomic E-state index is 5.94. The Bertz CT molecular complexity index is 396. The zero-order valence-electron chi connectivity index (χ0n) is 12.3. The van der Waals surface area contributed by atoms with Crippen LogP contribution in [-0.2, 0) is 6.42 Å². The fourth-order valence-electron chi connectivity index (χ4n) is 2.64. The summed E-state index contributed by atoms with van der Waals surface area (Å²) < 4.78 is 0. The minimum absolute atomic E-state index is 0.551. The average Bonchev–Trinajstić information content (AvgIpc) is 3.12. The first kappa shape index (κ1) is 15.3. The predicted molar refractivity (Wildman–Crippen MR) is 87.4 cm³/mol. The average molecular weight is 294 g/mol. The van der Waals surface area contributed by atoms with Crippen LogP contribution >= 0.6 is 11.3 Å². The normalized spacial score (nSPS) is 18.4. The lowest BCUT2D eigenvalue weighted by Crippen LogP contribution is -2.38. The predicted octanol–water partition coefficient (Wildman–Crippen LogP) is 2.07. The molecular weight excluding hydrogens is 268 g/mol. The van der Waals surface area contributed by atoms with E-state index in [0.29, 0.717) is 12.0 Å². The molecule has 0 aliphatic carbocycles. The summed E-state index contributed by atoms with van der Waals surface area (Å²) in [6.45, 7) is 6.35. The molecule has 4 nitrogen and oxygen atoms in total. The zero-order valence-corrected chi connectivity index (χ0v) is 13.2. The second-order valence-electron chi connectivity index (χ2n) is 5.29. The molecule has 3 N–H and O–H groups in total. The van der Waals surface area contributed by atoms with Crippen LogP contribution in [0.2, 0.25) is 0 Å². The summed E-state index contributed by atoms with van der Waals surface area (Å²) in [5.41, 5.74) is 5.94. The van der Waals surface area contributed by atoms with Crippen LogP contribution in [0.4, 0.5) is 0 Å². The SMILES string of the molecule is CCC(CN=C(N)NCCc1cccs1)N1CCCC1. The quantitative estimate of drug-likeness (QED) is 0.598. The Morgan fingerprint density at radius 2 is 2.30 bits per heavy atom. The van der Waals surface area contributed by atoms with E-state index >= 15 is 0 Å². The van der Waals surface area contributed by atoms with Crippen molar-refractivity contribution in [2.45, 2.75) is 38.6 Å². The fraction of sp³-hybridized carbons (Fsp3) is 0.667. The molecule has 0 saturated carbocycles. The highest BCUT2D eigenvalue weighted by atomic mass is 32.1. The lowest BCUT2D eigenvalue weighted by Gasteiger charge is -2.24. The summed E-state index contributed by atoms with van der Waals surface area (Å²) in [5, 5.41) is 5.31. The van der Waals surface area contributed by atoms with Crippen LogP contribution in [0.3, 0.4) is 0 Å².